The lowest BCUT2D eigenvalue weighted by atomic mass is 9.87. The Morgan fingerprint density at radius 2 is 1.81 bits per heavy atom. The molecule has 0 heterocycles. The highest BCUT2D eigenvalue weighted by Crippen LogP contribution is 2.38. The van der Waals surface area contributed by atoms with Gasteiger partial charge in [0.25, 0.3) is 0 Å². The highest BCUT2D eigenvalue weighted by molar-refractivity contribution is 4.98. The van der Waals surface area contributed by atoms with Crippen molar-refractivity contribution in [1.82, 2.24) is 4.90 Å². The van der Waals surface area contributed by atoms with E-state index in [-0.39, 0.29) is 0 Å². The molecular weight excluding hydrogens is 196 g/mol. The van der Waals surface area contributed by atoms with Gasteiger partial charge in [-0.2, -0.15) is 0 Å². The molecule has 16 heavy (non-hydrogen) atoms. The molecular formula is C14H28N2. The van der Waals surface area contributed by atoms with Gasteiger partial charge in [0.1, 0.15) is 0 Å². The predicted molar refractivity (Wildman–Crippen MR) is 69.4 cm³/mol. The lowest BCUT2D eigenvalue weighted by molar-refractivity contribution is 0.174. The molecule has 0 aromatic rings. The third-order valence-electron chi connectivity index (χ3n) is 4.99. The molecule has 2 atom stereocenters. The van der Waals surface area contributed by atoms with E-state index in [0.29, 0.717) is 17.5 Å². The SMILES string of the molecule is CN(CC1CCCC1)C1CCC(C)(C)C1N. The van der Waals surface area contributed by atoms with Crippen LogP contribution in [0.3, 0.4) is 0 Å². The summed E-state index contributed by atoms with van der Waals surface area (Å²) in [6, 6.07) is 0.981. The zero-order chi connectivity index (χ0) is 11.8. The van der Waals surface area contributed by atoms with Crippen LogP contribution in [0, 0.1) is 11.3 Å². The fraction of sp³-hybridized carbons (Fsp3) is 1.00. The quantitative estimate of drug-likeness (QED) is 0.798. The monoisotopic (exact) mass is 224 g/mol. The van der Waals surface area contributed by atoms with Gasteiger partial charge in [-0.05, 0) is 44.1 Å². The average molecular weight is 224 g/mol. The zero-order valence-corrected chi connectivity index (χ0v) is 11.2. The molecule has 2 N–H and O–H groups in total. The maximum atomic E-state index is 6.39. The second-order valence-electron chi connectivity index (χ2n) is 6.71. The summed E-state index contributed by atoms with van der Waals surface area (Å²) in [5.41, 5.74) is 6.73. The maximum absolute atomic E-state index is 6.39. The highest BCUT2D eigenvalue weighted by atomic mass is 15.2. The first kappa shape index (κ1) is 12.4. The molecule has 0 aromatic carbocycles. The van der Waals surface area contributed by atoms with Crippen LogP contribution in [-0.2, 0) is 0 Å². The van der Waals surface area contributed by atoms with Gasteiger partial charge >= 0.3 is 0 Å². The Labute approximate surface area is 101 Å². The van der Waals surface area contributed by atoms with E-state index in [2.05, 4.69) is 25.8 Å². The van der Waals surface area contributed by atoms with E-state index >= 15 is 0 Å². The lowest BCUT2D eigenvalue weighted by Gasteiger charge is -2.33. The third-order valence-corrected chi connectivity index (χ3v) is 4.99. The minimum atomic E-state index is 0.342. The smallest absolute Gasteiger partial charge is 0.0249 e. The third kappa shape index (κ3) is 2.43. The van der Waals surface area contributed by atoms with E-state index in [1.807, 2.05) is 0 Å². The summed E-state index contributed by atoms with van der Waals surface area (Å²) in [4.78, 5) is 2.55. The van der Waals surface area contributed by atoms with Crippen molar-refractivity contribution in [1.29, 1.82) is 0 Å². The normalized spacial score (nSPS) is 35.1. The molecule has 0 aliphatic heterocycles. The Kier molecular flexibility index (Phi) is 3.60. The molecule has 2 aliphatic rings. The van der Waals surface area contributed by atoms with E-state index in [4.69, 9.17) is 5.73 Å². The molecule has 2 saturated carbocycles. The fourth-order valence-electron chi connectivity index (χ4n) is 3.62. The van der Waals surface area contributed by atoms with E-state index in [1.54, 1.807) is 0 Å². The predicted octanol–water partition coefficient (Wildman–Crippen LogP) is 2.62. The second kappa shape index (κ2) is 4.66. The molecule has 2 unspecified atom stereocenters. The van der Waals surface area contributed by atoms with Crippen molar-refractivity contribution in [3.05, 3.63) is 0 Å². The van der Waals surface area contributed by atoms with Crippen LogP contribution in [0.4, 0.5) is 0 Å². The average Bonchev–Trinajstić information content (AvgIpc) is 2.77. The summed E-state index contributed by atoms with van der Waals surface area (Å²) in [5.74, 6) is 0.945. The number of hydrogen-bond donors (Lipinski definition) is 1. The number of nitrogens with two attached hydrogens (primary N) is 1. The van der Waals surface area contributed by atoms with Crippen LogP contribution in [0.25, 0.3) is 0 Å². The molecule has 0 saturated heterocycles. The Bertz CT molecular complexity index is 231. The summed E-state index contributed by atoms with van der Waals surface area (Å²) < 4.78 is 0. The van der Waals surface area contributed by atoms with Crippen molar-refractivity contribution in [2.24, 2.45) is 17.1 Å². The van der Waals surface area contributed by atoms with Gasteiger partial charge in [0.2, 0.25) is 0 Å². The molecule has 0 amide bonds. The number of rotatable bonds is 3. The first-order chi connectivity index (χ1) is 7.50. The Morgan fingerprint density at radius 1 is 1.19 bits per heavy atom. The number of likely N-dealkylation sites (N-methyl/N-ethyl adjacent to an activating group) is 1. The molecule has 2 aliphatic carbocycles. The van der Waals surface area contributed by atoms with E-state index in [0.717, 1.165) is 5.92 Å². The molecule has 2 nitrogen and oxygen atoms in total. The van der Waals surface area contributed by atoms with Gasteiger partial charge in [-0.1, -0.05) is 26.7 Å². The van der Waals surface area contributed by atoms with Crippen molar-refractivity contribution < 1.29 is 0 Å². The minimum Gasteiger partial charge on any atom is -0.326 e. The summed E-state index contributed by atoms with van der Waals surface area (Å²) >= 11 is 0. The van der Waals surface area contributed by atoms with E-state index in [9.17, 15) is 0 Å². The van der Waals surface area contributed by atoms with Crippen LogP contribution in [0.5, 0.6) is 0 Å². The first-order valence-electron chi connectivity index (χ1n) is 6.96. The van der Waals surface area contributed by atoms with E-state index < -0.39 is 0 Å². The van der Waals surface area contributed by atoms with Crippen molar-refractivity contribution in [2.75, 3.05) is 13.6 Å². The number of nitrogens with zero attached hydrogens (tertiary/aromatic N) is 1. The molecule has 2 rings (SSSR count). The molecule has 0 aromatic heterocycles. The van der Waals surface area contributed by atoms with E-state index in [1.165, 1.54) is 45.1 Å². The van der Waals surface area contributed by atoms with Gasteiger partial charge in [-0.3, -0.25) is 0 Å². The summed E-state index contributed by atoms with van der Waals surface area (Å²) in [7, 11) is 2.28. The van der Waals surface area contributed by atoms with Crippen molar-refractivity contribution in [2.45, 2.75) is 64.5 Å². The van der Waals surface area contributed by atoms with Gasteiger partial charge < -0.3 is 10.6 Å². The highest BCUT2D eigenvalue weighted by Gasteiger charge is 2.41. The van der Waals surface area contributed by atoms with Gasteiger partial charge in [0.05, 0.1) is 0 Å². The molecule has 0 spiro atoms. The maximum Gasteiger partial charge on any atom is 0.0249 e. The zero-order valence-electron chi connectivity index (χ0n) is 11.2. The largest absolute Gasteiger partial charge is 0.326 e. The lowest BCUT2D eigenvalue weighted by Crippen LogP contribution is -2.48. The van der Waals surface area contributed by atoms with Gasteiger partial charge in [-0.15, -0.1) is 0 Å². The van der Waals surface area contributed by atoms with Crippen LogP contribution in [0.15, 0.2) is 0 Å². The fourth-order valence-corrected chi connectivity index (χ4v) is 3.62. The Morgan fingerprint density at radius 3 is 2.31 bits per heavy atom. The van der Waals surface area contributed by atoms with Crippen molar-refractivity contribution in [3.63, 3.8) is 0 Å². The standard InChI is InChI=1S/C14H28N2/c1-14(2)9-8-12(13(14)15)16(3)10-11-6-4-5-7-11/h11-13H,4-10,15H2,1-3H3. The Hall–Kier alpha value is -0.0800. The molecule has 0 bridgehead atoms. The first-order valence-corrected chi connectivity index (χ1v) is 6.96. The molecule has 2 heteroatoms. The topological polar surface area (TPSA) is 29.3 Å². The van der Waals surface area contributed by atoms with Crippen molar-refractivity contribution >= 4 is 0 Å². The van der Waals surface area contributed by atoms with Crippen LogP contribution >= 0.6 is 0 Å². The van der Waals surface area contributed by atoms with Crippen LogP contribution in [-0.4, -0.2) is 30.6 Å². The minimum absolute atomic E-state index is 0.342. The van der Waals surface area contributed by atoms with Gasteiger partial charge in [0.15, 0.2) is 0 Å². The van der Waals surface area contributed by atoms with Gasteiger partial charge in [-0.25, -0.2) is 0 Å². The Balaban J connectivity index is 1.87. The van der Waals surface area contributed by atoms with Crippen LogP contribution < -0.4 is 5.73 Å². The van der Waals surface area contributed by atoms with Crippen LogP contribution in [0.1, 0.15) is 52.4 Å². The summed E-state index contributed by atoms with van der Waals surface area (Å²) in [6.07, 6.45) is 8.35. The van der Waals surface area contributed by atoms with Crippen LogP contribution in [0.2, 0.25) is 0 Å². The second-order valence-corrected chi connectivity index (χ2v) is 6.71. The number of hydrogen-bond acceptors (Lipinski definition) is 2. The van der Waals surface area contributed by atoms with Crippen molar-refractivity contribution in [3.8, 4) is 0 Å². The van der Waals surface area contributed by atoms with Gasteiger partial charge in [0, 0.05) is 18.6 Å². The summed E-state index contributed by atoms with van der Waals surface area (Å²) in [6.45, 7) is 5.91. The molecule has 94 valence electrons. The molecule has 0 radical (unpaired) electrons. The summed E-state index contributed by atoms with van der Waals surface area (Å²) in [5, 5.41) is 0. The molecule has 2 fully saturated rings.